The van der Waals surface area contributed by atoms with Crippen molar-refractivity contribution in [2.75, 3.05) is 20.6 Å². The fourth-order valence-electron chi connectivity index (χ4n) is 1.96. The first-order valence-electron chi connectivity index (χ1n) is 6.76. The number of halogens is 1. The molecule has 0 aromatic carbocycles. The zero-order chi connectivity index (χ0) is 13.5. The van der Waals surface area contributed by atoms with Crippen molar-refractivity contribution in [1.82, 2.24) is 15.5 Å². The molecule has 0 heterocycles. The lowest BCUT2D eigenvalue weighted by Gasteiger charge is -2.19. The van der Waals surface area contributed by atoms with Crippen molar-refractivity contribution in [1.29, 1.82) is 0 Å². The van der Waals surface area contributed by atoms with Gasteiger partial charge in [-0.2, -0.15) is 0 Å². The van der Waals surface area contributed by atoms with Crippen molar-refractivity contribution < 1.29 is 4.79 Å². The molecule has 0 aromatic heterocycles. The smallest absolute Gasteiger partial charge is 0.243 e. The second kappa shape index (κ2) is 9.39. The summed E-state index contributed by atoms with van der Waals surface area (Å²) < 4.78 is 0. The number of hydrogen-bond acceptors (Lipinski definition) is 2. The van der Waals surface area contributed by atoms with E-state index in [1.54, 1.807) is 19.0 Å². The Morgan fingerprint density at radius 3 is 2.37 bits per heavy atom. The summed E-state index contributed by atoms with van der Waals surface area (Å²) in [5.41, 5.74) is 0. The van der Waals surface area contributed by atoms with Crippen LogP contribution in [0, 0.1) is 0 Å². The second-order valence-corrected chi connectivity index (χ2v) is 5.38. The number of guanidine groups is 1. The van der Waals surface area contributed by atoms with Gasteiger partial charge in [-0.15, -0.1) is 24.0 Å². The van der Waals surface area contributed by atoms with Gasteiger partial charge >= 0.3 is 0 Å². The molecule has 1 saturated carbocycles. The van der Waals surface area contributed by atoms with Crippen LogP contribution in [0.1, 0.15) is 39.5 Å². The minimum absolute atomic E-state index is 0. The van der Waals surface area contributed by atoms with Crippen molar-refractivity contribution in [2.24, 2.45) is 4.99 Å². The Bertz CT molecular complexity index is 299. The molecule has 0 atom stereocenters. The third kappa shape index (κ3) is 7.59. The van der Waals surface area contributed by atoms with Crippen LogP contribution in [0.4, 0.5) is 0 Å². The van der Waals surface area contributed by atoms with E-state index in [9.17, 15) is 4.79 Å². The van der Waals surface area contributed by atoms with Gasteiger partial charge in [0.05, 0.1) is 0 Å². The van der Waals surface area contributed by atoms with Gasteiger partial charge in [0, 0.05) is 26.2 Å². The molecule has 0 unspecified atom stereocenters. The van der Waals surface area contributed by atoms with E-state index in [4.69, 9.17) is 0 Å². The summed E-state index contributed by atoms with van der Waals surface area (Å²) in [5.74, 6) is 0.776. The molecule has 2 N–H and O–H groups in total. The van der Waals surface area contributed by atoms with Gasteiger partial charge in [0.1, 0.15) is 6.54 Å². The highest BCUT2D eigenvalue weighted by Crippen LogP contribution is 2.17. The molecule has 1 fully saturated rings. The van der Waals surface area contributed by atoms with Crippen molar-refractivity contribution in [3.63, 3.8) is 0 Å². The molecule has 0 bridgehead atoms. The monoisotopic (exact) mass is 382 g/mol. The second-order valence-electron chi connectivity index (χ2n) is 5.38. The topological polar surface area (TPSA) is 56.7 Å². The molecule has 0 radical (unpaired) electrons. The summed E-state index contributed by atoms with van der Waals surface area (Å²) in [5, 5.41) is 6.68. The highest BCUT2D eigenvalue weighted by molar-refractivity contribution is 14.0. The van der Waals surface area contributed by atoms with Crippen molar-refractivity contribution in [3.8, 4) is 0 Å². The van der Waals surface area contributed by atoms with Crippen LogP contribution in [0.5, 0.6) is 0 Å². The average molecular weight is 382 g/mol. The van der Waals surface area contributed by atoms with Crippen molar-refractivity contribution >= 4 is 35.8 Å². The maximum atomic E-state index is 11.5. The van der Waals surface area contributed by atoms with Crippen LogP contribution in [0.2, 0.25) is 0 Å². The van der Waals surface area contributed by atoms with Crippen molar-refractivity contribution in [2.45, 2.75) is 51.6 Å². The molecule has 1 amide bonds. The van der Waals surface area contributed by atoms with Crippen LogP contribution in [0.3, 0.4) is 0 Å². The molecule has 0 aliphatic heterocycles. The van der Waals surface area contributed by atoms with Gasteiger partial charge in [-0.3, -0.25) is 4.79 Å². The van der Waals surface area contributed by atoms with Crippen LogP contribution in [0.15, 0.2) is 4.99 Å². The molecule has 1 rings (SSSR count). The largest absolute Gasteiger partial charge is 0.354 e. The van der Waals surface area contributed by atoms with E-state index in [0.29, 0.717) is 12.1 Å². The van der Waals surface area contributed by atoms with Gasteiger partial charge in [0.15, 0.2) is 5.96 Å². The minimum Gasteiger partial charge on any atom is -0.354 e. The maximum absolute atomic E-state index is 11.5. The third-order valence-corrected chi connectivity index (χ3v) is 2.99. The summed E-state index contributed by atoms with van der Waals surface area (Å²) in [6, 6.07) is 0.816. The Hall–Kier alpha value is -0.530. The molecule has 0 spiro atoms. The normalized spacial score (nSPS) is 16.2. The van der Waals surface area contributed by atoms with Gasteiger partial charge in [-0.25, -0.2) is 4.99 Å². The number of carbonyl (C=O) groups excluding carboxylic acids is 1. The molecule has 6 heteroatoms. The maximum Gasteiger partial charge on any atom is 0.243 e. The molecule has 0 aromatic rings. The SMILES string of the molecule is CC(C)NC(=NCC(=O)N(C)C)NC1CCCC1.I. The molecule has 112 valence electrons. The van der Waals surface area contributed by atoms with Gasteiger partial charge < -0.3 is 15.5 Å². The Balaban J connectivity index is 0.00000324. The highest BCUT2D eigenvalue weighted by Gasteiger charge is 2.16. The minimum atomic E-state index is 0. The molecule has 1 aliphatic rings. The Morgan fingerprint density at radius 2 is 1.89 bits per heavy atom. The zero-order valence-corrected chi connectivity index (χ0v) is 14.7. The van der Waals surface area contributed by atoms with Gasteiger partial charge in [-0.05, 0) is 26.7 Å². The number of amides is 1. The first kappa shape index (κ1) is 18.5. The first-order chi connectivity index (χ1) is 8.49. The first-order valence-corrected chi connectivity index (χ1v) is 6.76. The number of likely N-dealkylation sites (N-methyl/N-ethyl adjacent to an activating group) is 1. The average Bonchev–Trinajstić information content (AvgIpc) is 2.77. The fraction of sp³-hybridized carbons (Fsp3) is 0.846. The molecule has 19 heavy (non-hydrogen) atoms. The van der Waals surface area contributed by atoms with Crippen LogP contribution in [0.25, 0.3) is 0 Å². The molecular weight excluding hydrogens is 355 g/mol. The number of nitrogens with one attached hydrogen (secondary N) is 2. The number of nitrogens with zero attached hydrogens (tertiary/aromatic N) is 2. The van der Waals surface area contributed by atoms with E-state index in [1.165, 1.54) is 25.7 Å². The number of rotatable bonds is 4. The Kier molecular flexibility index (Phi) is 9.12. The Labute approximate surface area is 133 Å². The van der Waals surface area contributed by atoms with Gasteiger partial charge in [-0.1, -0.05) is 12.8 Å². The zero-order valence-electron chi connectivity index (χ0n) is 12.4. The highest BCUT2D eigenvalue weighted by atomic mass is 127. The fourth-order valence-corrected chi connectivity index (χ4v) is 1.96. The van der Waals surface area contributed by atoms with E-state index < -0.39 is 0 Å². The number of carbonyl (C=O) groups is 1. The molecule has 1 aliphatic carbocycles. The summed E-state index contributed by atoms with van der Waals surface area (Å²) in [6.45, 7) is 4.33. The quantitative estimate of drug-likeness (QED) is 0.441. The molecular formula is C13H27IN4O. The summed E-state index contributed by atoms with van der Waals surface area (Å²) in [4.78, 5) is 17.4. The lowest BCUT2D eigenvalue weighted by Crippen LogP contribution is -2.45. The van der Waals surface area contributed by atoms with E-state index in [0.717, 1.165) is 5.96 Å². The predicted molar refractivity (Wildman–Crippen MR) is 90.1 cm³/mol. The van der Waals surface area contributed by atoms with Crippen LogP contribution in [-0.4, -0.2) is 49.5 Å². The van der Waals surface area contributed by atoms with Crippen molar-refractivity contribution in [3.05, 3.63) is 0 Å². The summed E-state index contributed by atoms with van der Waals surface area (Å²) in [7, 11) is 3.50. The van der Waals surface area contributed by atoms with Crippen LogP contribution < -0.4 is 10.6 Å². The third-order valence-electron chi connectivity index (χ3n) is 2.99. The lowest BCUT2D eigenvalue weighted by molar-refractivity contribution is -0.127. The molecule has 5 nitrogen and oxygen atoms in total. The van der Waals surface area contributed by atoms with Gasteiger partial charge in [0.25, 0.3) is 0 Å². The van der Waals surface area contributed by atoms with Gasteiger partial charge in [0.2, 0.25) is 5.91 Å². The van der Waals surface area contributed by atoms with E-state index >= 15 is 0 Å². The van der Waals surface area contributed by atoms with E-state index in [2.05, 4.69) is 29.5 Å². The van der Waals surface area contributed by atoms with E-state index in [-0.39, 0.29) is 36.4 Å². The van der Waals surface area contributed by atoms with E-state index in [1.807, 2.05) is 0 Å². The predicted octanol–water partition coefficient (Wildman–Crippen LogP) is 1.58. The van der Waals surface area contributed by atoms with Crippen LogP contribution >= 0.6 is 24.0 Å². The summed E-state index contributed by atoms with van der Waals surface area (Å²) in [6.07, 6.45) is 4.95. The number of hydrogen-bond donors (Lipinski definition) is 2. The lowest BCUT2D eigenvalue weighted by atomic mass is 10.2. The summed E-state index contributed by atoms with van der Waals surface area (Å²) >= 11 is 0. The molecule has 0 saturated heterocycles. The van der Waals surface area contributed by atoms with Crippen LogP contribution in [-0.2, 0) is 4.79 Å². The Morgan fingerprint density at radius 1 is 1.32 bits per heavy atom. The number of aliphatic imine (C=N–C) groups is 1. The standard InChI is InChI=1S/C13H26N4O.HI/c1-10(2)15-13(14-9-12(18)17(3)4)16-11-7-5-6-8-11;/h10-11H,5-9H2,1-4H3,(H2,14,15,16);1H.